The van der Waals surface area contributed by atoms with Gasteiger partial charge < -0.3 is 9.47 Å². The van der Waals surface area contributed by atoms with Crippen LogP contribution in [0.3, 0.4) is 0 Å². The monoisotopic (exact) mass is 422 g/mol. The fraction of sp³-hybridized carbons (Fsp3) is 0.846. The van der Waals surface area contributed by atoms with Gasteiger partial charge in [0, 0.05) is 0 Å². The first-order valence-corrected chi connectivity index (χ1v) is 12.7. The highest BCUT2D eigenvalue weighted by Crippen LogP contribution is 2.27. The van der Waals surface area contributed by atoms with Crippen LogP contribution in [0.15, 0.2) is 12.2 Å². The van der Waals surface area contributed by atoms with Crippen LogP contribution in [0.25, 0.3) is 0 Å². The van der Waals surface area contributed by atoms with Crippen LogP contribution in [0.4, 0.5) is 0 Å². The van der Waals surface area contributed by atoms with Crippen molar-refractivity contribution in [1.82, 2.24) is 0 Å². The molecule has 4 heteroatoms. The fourth-order valence-corrected chi connectivity index (χ4v) is 4.01. The van der Waals surface area contributed by atoms with Crippen LogP contribution in [-0.4, -0.2) is 25.2 Å². The molecule has 30 heavy (non-hydrogen) atoms. The molecule has 0 aromatic carbocycles. The summed E-state index contributed by atoms with van der Waals surface area (Å²) in [6.45, 7) is 5.36. The molecule has 0 spiro atoms. The minimum absolute atomic E-state index is 0.233. The number of rotatable bonds is 18. The molecule has 0 aromatic rings. The van der Waals surface area contributed by atoms with E-state index in [2.05, 4.69) is 13.8 Å². The third-order valence-corrected chi connectivity index (χ3v) is 5.98. The Labute approximate surface area is 185 Å². The number of carbonyl (C=O) groups is 2. The average Bonchev–Trinajstić information content (AvgIpc) is 2.77. The molecule has 0 heterocycles. The number of ether oxygens (including phenoxy) is 2. The van der Waals surface area contributed by atoms with E-state index in [9.17, 15) is 9.59 Å². The topological polar surface area (TPSA) is 52.6 Å². The van der Waals surface area contributed by atoms with Gasteiger partial charge in [-0.05, 0) is 25.7 Å². The van der Waals surface area contributed by atoms with E-state index in [0.717, 1.165) is 32.1 Å². The quantitative estimate of drug-likeness (QED) is 0.134. The zero-order valence-electron chi connectivity index (χ0n) is 19.7. The van der Waals surface area contributed by atoms with Gasteiger partial charge in [-0.15, -0.1) is 0 Å². The van der Waals surface area contributed by atoms with Gasteiger partial charge in [0.25, 0.3) is 0 Å². The van der Waals surface area contributed by atoms with Crippen LogP contribution < -0.4 is 0 Å². The SMILES string of the molecule is CCCCCCCCCCOC(=O)C1CCC=CC1C(=O)OCCCCCCCC. The maximum absolute atomic E-state index is 12.5. The van der Waals surface area contributed by atoms with Gasteiger partial charge in [0.1, 0.15) is 0 Å². The molecule has 0 radical (unpaired) electrons. The second-order valence-electron chi connectivity index (χ2n) is 8.72. The van der Waals surface area contributed by atoms with Crippen molar-refractivity contribution in [3.63, 3.8) is 0 Å². The molecular weight excluding hydrogens is 376 g/mol. The summed E-state index contributed by atoms with van der Waals surface area (Å²) in [7, 11) is 0. The average molecular weight is 423 g/mol. The normalized spacial score (nSPS) is 18.3. The Morgan fingerprint density at radius 3 is 1.70 bits per heavy atom. The Morgan fingerprint density at radius 2 is 1.17 bits per heavy atom. The summed E-state index contributed by atoms with van der Waals surface area (Å²) in [6, 6.07) is 0. The number of hydrogen-bond acceptors (Lipinski definition) is 4. The second-order valence-corrected chi connectivity index (χ2v) is 8.72. The highest BCUT2D eigenvalue weighted by Gasteiger charge is 2.35. The molecule has 2 unspecified atom stereocenters. The van der Waals surface area contributed by atoms with Gasteiger partial charge in [-0.25, -0.2) is 0 Å². The molecule has 174 valence electrons. The summed E-state index contributed by atoms with van der Waals surface area (Å²) in [6.07, 6.45) is 22.0. The molecule has 4 nitrogen and oxygen atoms in total. The van der Waals surface area contributed by atoms with Crippen molar-refractivity contribution >= 4 is 11.9 Å². The number of allylic oxidation sites excluding steroid dienone is 1. The molecule has 0 aliphatic heterocycles. The Balaban J connectivity index is 2.20. The fourth-order valence-electron chi connectivity index (χ4n) is 4.01. The van der Waals surface area contributed by atoms with Crippen molar-refractivity contribution < 1.29 is 19.1 Å². The zero-order valence-corrected chi connectivity index (χ0v) is 19.7. The molecule has 1 aliphatic carbocycles. The van der Waals surface area contributed by atoms with Crippen molar-refractivity contribution in [2.45, 2.75) is 117 Å². The number of carbonyl (C=O) groups excluding carboxylic acids is 2. The standard InChI is InChI=1S/C26H46O4/c1-3-5-7-9-11-12-14-18-22-30-26(28)24-20-16-15-19-23(24)25(27)29-21-17-13-10-8-6-4-2/h15,19,23-24H,3-14,16-18,20-22H2,1-2H3. The second kappa shape index (κ2) is 18.4. The first-order valence-electron chi connectivity index (χ1n) is 12.7. The third kappa shape index (κ3) is 12.4. The van der Waals surface area contributed by atoms with E-state index in [-0.39, 0.29) is 17.9 Å². The summed E-state index contributed by atoms with van der Waals surface area (Å²) in [5.74, 6) is -1.37. The predicted molar refractivity (Wildman–Crippen MR) is 123 cm³/mol. The van der Waals surface area contributed by atoms with Gasteiger partial charge in [-0.3, -0.25) is 9.59 Å². The highest BCUT2D eigenvalue weighted by molar-refractivity contribution is 5.83. The summed E-state index contributed by atoms with van der Waals surface area (Å²) in [5, 5.41) is 0. The maximum atomic E-state index is 12.5. The zero-order chi connectivity index (χ0) is 21.9. The Kier molecular flexibility index (Phi) is 16.4. The van der Waals surface area contributed by atoms with Crippen LogP contribution in [0.1, 0.15) is 117 Å². The molecule has 0 aromatic heterocycles. The van der Waals surface area contributed by atoms with E-state index >= 15 is 0 Å². The van der Waals surface area contributed by atoms with E-state index in [1.165, 1.54) is 64.2 Å². The van der Waals surface area contributed by atoms with E-state index in [1.54, 1.807) is 0 Å². The predicted octanol–water partition coefficient (Wildman–Crippen LogP) is 7.16. The first kappa shape index (κ1) is 26.7. The maximum Gasteiger partial charge on any atom is 0.313 e. The minimum Gasteiger partial charge on any atom is -0.465 e. The molecule has 0 N–H and O–H groups in total. The van der Waals surface area contributed by atoms with E-state index in [4.69, 9.17) is 9.47 Å². The first-order chi connectivity index (χ1) is 14.7. The summed E-state index contributed by atoms with van der Waals surface area (Å²) in [5.41, 5.74) is 0. The van der Waals surface area contributed by atoms with Crippen LogP contribution in [0, 0.1) is 11.8 Å². The number of hydrogen-bond donors (Lipinski definition) is 0. The van der Waals surface area contributed by atoms with Crippen LogP contribution >= 0.6 is 0 Å². The lowest BCUT2D eigenvalue weighted by Crippen LogP contribution is -2.33. The van der Waals surface area contributed by atoms with E-state index in [0.29, 0.717) is 19.6 Å². The number of unbranched alkanes of at least 4 members (excludes halogenated alkanes) is 12. The van der Waals surface area contributed by atoms with Crippen molar-refractivity contribution in [3.05, 3.63) is 12.2 Å². The molecule has 0 saturated carbocycles. The Bertz CT molecular complexity index is 472. The molecular formula is C26H46O4. The van der Waals surface area contributed by atoms with Gasteiger partial charge in [0.15, 0.2) is 0 Å². The largest absolute Gasteiger partial charge is 0.465 e. The summed E-state index contributed by atoms with van der Waals surface area (Å²) >= 11 is 0. The van der Waals surface area contributed by atoms with Gasteiger partial charge in [-0.1, -0.05) is 103 Å². The number of esters is 2. The van der Waals surface area contributed by atoms with Crippen molar-refractivity contribution in [2.24, 2.45) is 11.8 Å². The molecule has 1 aliphatic rings. The Hall–Kier alpha value is -1.32. The lowest BCUT2D eigenvalue weighted by Gasteiger charge is -2.24. The molecule has 0 fully saturated rings. The molecule has 1 rings (SSSR count). The summed E-state index contributed by atoms with van der Waals surface area (Å²) in [4.78, 5) is 25.0. The van der Waals surface area contributed by atoms with Crippen LogP contribution in [-0.2, 0) is 19.1 Å². The third-order valence-electron chi connectivity index (χ3n) is 5.98. The smallest absolute Gasteiger partial charge is 0.313 e. The van der Waals surface area contributed by atoms with Crippen molar-refractivity contribution in [2.75, 3.05) is 13.2 Å². The van der Waals surface area contributed by atoms with Crippen LogP contribution in [0.2, 0.25) is 0 Å². The van der Waals surface area contributed by atoms with Gasteiger partial charge >= 0.3 is 11.9 Å². The molecule has 0 saturated heterocycles. The van der Waals surface area contributed by atoms with Crippen LogP contribution in [0.5, 0.6) is 0 Å². The van der Waals surface area contributed by atoms with Gasteiger partial charge in [0.2, 0.25) is 0 Å². The Morgan fingerprint density at radius 1 is 0.700 bits per heavy atom. The summed E-state index contributed by atoms with van der Waals surface area (Å²) < 4.78 is 11.0. The van der Waals surface area contributed by atoms with E-state index < -0.39 is 5.92 Å². The van der Waals surface area contributed by atoms with E-state index in [1.807, 2.05) is 12.2 Å². The minimum atomic E-state index is -0.482. The molecule has 0 bridgehead atoms. The molecule has 0 amide bonds. The van der Waals surface area contributed by atoms with Crippen molar-refractivity contribution in [3.8, 4) is 0 Å². The lowest BCUT2D eigenvalue weighted by molar-refractivity contribution is -0.159. The van der Waals surface area contributed by atoms with Gasteiger partial charge in [-0.2, -0.15) is 0 Å². The van der Waals surface area contributed by atoms with Gasteiger partial charge in [0.05, 0.1) is 25.0 Å². The lowest BCUT2D eigenvalue weighted by atomic mass is 9.84. The highest BCUT2D eigenvalue weighted by atomic mass is 16.5. The van der Waals surface area contributed by atoms with Crippen molar-refractivity contribution in [1.29, 1.82) is 0 Å². The molecule has 2 atom stereocenters.